The number of rotatable bonds is 7. The summed E-state index contributed by atoms with van der Waals surface area (Å²) in [5.41, 5.74) is 0. The summed E-state index contributed by atoms with van der Waals surface area (Å²) < 4.78 is 23.0. The van der Waals surface area contributed by atoms with Crippen LogP contribution in [0.1, 0.15) is 20.3 Å². The molecule has 0 unspecified atom stereocenters. The van der Waals surface area contributed by atoms with Crippen molar-refractivity contribution in [2.24, 2.45) is 0 Å². The van der Waals surface area contributed by atoms with Gasteiger partial charge in [-0.05, 0) is 40.9 Å². The molecule has 124 valence electrons. The number of hydrogen-bond donors (Lipinski definition) is 2. The van der Waals surface area contributed by atoms with Crippen molar-refractivity contribution in [2.45, 2.75) is 56.8 Å². The minimum absolute atomic E-state index is 0.384. The van der Waals surface area contributed by atoms with Crippen molar-refractivity contribution in [2.75, 3.05) is 33.9 Å². The van der Waals surface area contributed by atoms with Gasteiger partial charge < -0.3 is 34.1 Å². The number of aliphatic hydroxyl groups is 2. The predicted octanol–water partition coefficient (Wildman–Crippen LogP) is -0.447. The first-order valence-electron chi connectivity index (χ1n) is 7.40. The van der Waals surface area contributed by atoms with Crippen molar-refractivity contribution in [1.29, 1.82) is 0 Å². The first-order chi connectivity index (χ1) is 9.84. The molecule has 0 spiro atoms. The van der Waals surface area contributed by atoms with E-state index in [1.807, 2.05) is 27.9 Å². The minimum atomic E-state index is -1.01. The van der Waals surface area contributed by atoms with Crippen LogP contribution in [0, 0.1) is 0 Å². The zero-order valence-electron chi connectivity index (χ0n) is 13.2. The Hall–Kier alpha value is -0.280. The molecule has 2 fully saturated rings. The molecular formula is C14H27NO6. The normalized spacial score (nSPS) is 36.1. The lowest BCUT2D eigenvalue weighted by Gasteiger charge is -2.28. The molecule has 21 heavy (non-hydrogen) atoms. The molecule has 0 saturated carbocycles. The van der Waals surface area contributed by atoms with Crippen LogP contribution < -0.4 is 0 Å². The van der Waals surface area contributed by atoms with Crippen LogP contribution in [-0.2, 0) is 18.9 Å². The molecular weight excluding hydrogens is 278 g/mol. The molecule has 0 aliphatic carbocycles. The standard InChI is InChI=1S/C14H27NO6/c1-14(2)20-12-11(18-7-5-6-15(3)4)10(9(17)8-16)19-13(12)21-14/h9-13,16-17H,5-8H2,1-4H3/t9-,10+,11+,12+,13-/m1/s1. The summed E-state index contributed by atoms with van der Waals surface area (Å²) in [5.74, 6) is -0.726. The Bertz CT molecular complexity index is 337. The van der Waals surface area contributed by atoms with Gasteiger partial charge in [-0.2, -0.15) is 0 Å². The maximum absolute atomic E-state index is 9.88. The summed E-state index contributed by atoms with van der Waals surface area (Å²) in [6.07, 6.45) is -2.17. The summed E-state index contributed by atoms with van der Waals surface area (Å²) in [4.78, 5) is 2.08. The lowest BCUT2D eigenvalue weighted by Crippen LogP contribution is -2.44. The van der Waals surface area contributed by atoms with Crippen molar-refractivity contribution >= 4 is 0 Å². The van der Waals surface area contributed by atoms with Gasteiger partial charge in [0, 0.05) is 6.61 Å². The van der Waals surface area contributed by atoms with Crippen molar-refractivity contribution in [3.8, 4) is 0 Å². The molecule has 0 aromatic rings. The third kappa shape index (κ3) is 4.13. The van der Waals surface area contributed by atoms with E-state index in [1.165, 1.54) is 0 Å². The van der Waals surface area contributed by atoms with Gasteiger partial charge in [-0.3, -0.25) is 0 Å². The molecule has 7 nitrogen and oxygen atoms in total. The fourth-order valence-corrected chi connectivity index (χ4v) is 2.71. The summed E-state index contributed by atoms with van der Waals surface area (Å²) >= 11 is 0. The average Bonchev–Trinajstić information content (AvgIpc) is 2.86. The van der Waals surface area contributed by atoms with Gasteiger partial charge in [0.05, 0.1) is 6.61 Å². The maximum Gasteiger partial charge on any atom is 0.190 e. The Kier molecular flexibility index (Phi) is 5.59. The molecule has 5 atom stereocenters. The van der Waals surface area contributed by atoms with Gasteiger partial charge in [0.25, 0.3) is 0 Å². The second kappa shape index (κ2) is 6.87. The number of fused-ring (bicyclic) bond motifs is 1. The highest BCUT2D eigenvalue weighted by Gasteiger charge is 2.56. The van der Waals surface area contributed by atoms with E-state index in [9.17, 15) is 5.11 Å². The lowest BCUT2D eigenvalue weighted by atomic mass is 10.1. The van der Waals surface area contributed by atoms with E-state index in [2.05, 4.69) is 4.90 Å². The lowest BCUT2D eigenvalue weighted by molar-refractivity contribution is -0.231. The zero-order valence-corrected chi connectivity index (χ0v) is 13.2. The zero-order chi connectivity index (χ0) is 15.6. The van der Waals surface area contributed by atoms with E-state index in [1.54, 1.807) is 0 Å². The minimum Gasteiger partial charge on any atom is -0.394 e. The number of aliphatic hydroxyl groups excluding tert-OH is 2. The number of ether oxygens (including phenoxy) is 4. The van der Waals surface area contributed by atoms with Crippen LogP contribution in [0.5, 0.6) is 0 Å². The van der Waals surface area contributed by atoms with E-state index in [-0.39, 0.29) is 12.7 Å². The van der Waals surface area contributed by atoms with Gasteiger partial charge in [-0.1, -0.05) is 0 Å². The largest absolute Gasteiger partial charge is 0.394 e. The van der Waals surface area contributed by atoms with Gasteiger partial charge >= 0.3 is 0 Å². The molecule has 0 aromatic heterocycles. The Morgan fingerprint density at radius 3 is 2.62 bits per heavy atom. The van der Waals surface area contributed by atoms with E-state index in [0.29, 0.717) is 6.61 Å². The van der Waals surface area contributed by atoms with Crippen LogP contribution in [0.2, 0.25) is 0 Å². The van der Waals surface area contributed by atoms with Crippen LogP contribution >= 0.6 is 0 Å². The van der Waals surface area contributed by atoms with Gasteiger partial charge in [0.1, 0.15) is 24.4 Å². The summed E-state index contributed by atoms with van der Waals surface area (Å²) in [5, 5.41) is 19.0. The van der Waals surface area contributed by atoms with Crippen molar-refractivity contribution in [1.82, 2.24) is 4.90 Å². The highest BCUT2D eigenvalue weighted by atomic mass is 16.8. The summed E-state index contributed by atoms with van der Waals surface area (Å²) in [6.45, 7) is 4.70. The van der Waals surface area contributed by atoms with E-state index in [0.717, 1.165) is 13.0 Å². The topological polar surface area (TPSA) is 80.6 Å². The second-order valence-corrected chi connectivity index (χ2v) is 6.31. The van der Waals surface area contributed by atoms with Crippen LogP contribution in [0.4, 0.5) is 0 Å². The summed E-state index contributed by atoms with van der Waals surface area (Å²) in [7, 11) is 4.01. The van der Waals surface area contributed by atoms with E-state index in [4.69, 9.17) is 24.1 Å². The summed E-state index contributed by atoms with van der Waals surface area (Å²) in [6, 6.07) is 0. The fourth-order valence-electron chi connectivity index (χ4n) is 2.71. The molecule has 2 aliphatic heterocycles. The maximum atomic E-state index is 9.88. The van der Waals surface area contributed by atoms with Gasteiger partial charge in [0.2, 0.25) is 0 Å². The number of hydrogen-bond acceptors (Lipinski definition) is 7. The molecule has 2 aliphatic rings. The van der Waals surface area contributed by atoms with Crippen LogP contribution in [0.3, 0.4) is 0 Å². The SMILES string of the molecule is CN(C)CCCO[C@@H]1[C@@H]2OC(C)(C)O[C@H]2O[C@H]1[C@H](O)CO. The molecule has 2 saturated heterocycles. The van der Waals surface area contributed by atoms with Crippen LogP contribution in [-0.4, -0.2) is 85.5 Å². The van der Waals surface area contributed by atoms with Crippen LogP contribution in [0.15, 0.2) is 0 Å². The molecule has 0 amide bonds. The fraction of sp³-hybridized carbons (Fsp3) is 1.00. The highest BCUT2D eigenvalue weighted by Crippen LogP contribution is 2.39. The third-order valence-electron chi connectivity index (χ3n) is 3.65. The van der Waals surface area contributed by atoms with Crippen molar-refractivity contribution in [3.63, 3.8) is 0 Å². The van der Waals surface area contributed by atoms with Crippen LogP contribution in [0.25, 0.3) is 0 Å². The first kappa shape index (κ1) is 17.1. The Labute approximate surface area is 125 Å². The molecule has 7 heteroatoms. The molecule has 2 N–H and O–H groups in total. The molecule has 2 rings (SSSR count). The van der Waals surface area contributed by atoms with Crippen molar-refractivity contribution in [3.05, 3.63) is 0 Å². The van der Waals surface area contributed by atoms with E-state index < -0.39 is 30.4 Å². The highest BCUT2D eigenvalue weighted by molar-refractivity contribution is 4.96. The number of nitrogens with zero attached hydrogens (tertiary/aromatic N) is 1. The Morgan fingerprint density at radius 1 is 1.29 bits per heavy atom. The van der Waals surface area contributed by atoms with Gasteiger partial charge in [-0.15, -0.1) is 0 Å². The third-order valence-corrected chi connectivity index (χ3v) is 3.65. The molecule has 0 bridgehead atoms. The molecule has 2 heterocycles. The predicted molar refractivity (Wildman–Crippen MR) is 74.7 cm³/mol. The second-order valence-electron chi connectivity index (χ2n) is 6.31. The smallest absolute Gasteiger partial charge is 0.190 e. The molecule has 0 radical (unpaired) electrons. The van der Waals surface area contributed by atoms with E-state index >= 15 is 0 Å². The Morgan fingerprint density at radius 2 is 2.00 bits per heavy atom. The Balaban J connectivity index is 1.94. The van der Waals surface area contributed by atoms with Gasteiger partial charge in [-0.25, -0.2) is 0 Å². The molecule has 0 aromatic carbocycles. The first-order valence-corrected chi connectivity index (χ1v) is 7.40. The van der Waals surface area contributed by atoms with Crippen molar-refractivity contribution < 1.29 is 29.2 Å². The monoisotopic (exact) mass is 305 g/mol. The van der Waals surface area contributed by atoms with Gasteiger partial charge in [0.15, 0.2) is 12.1 Å². The average molecular weight is 305 g/mol. The quantitative estimate of drug-likeness (QED) is 0.617.